The Kier molecular flexibility index (Phi) is 8.25. The van der Waals surface area contributed by atoms with Gasteiger partial charge in [-0.3, -0.25) is 9.59 Å². The van der Waals surface area contributed by atoms with Crippen LogP contribution in [0, 0.1) is 11.8 Å². The molecule has 0 spiro atoms. The fourth-order valence-corrected chi connectivity index (χ4v) is 8.38. The summed E-state index contributed by atoms with van der Waals surface area (Å²) >= 11 is 1.30. The van der Waals surface area contributed by atoms with Gasteiger partial charge in [0.1, 0.15) is 5.69 Å². The molecule has 6 rings (SSSR count). The van der Waals surface area contributed by atoms with Gasteiger partial charge < -0.3 is 10.6 Å². The summed E-state index contributed by atoms with van der Waals surface area (Å²) in [5.41, 5.74) is 8.18. The summed E-state index contributed by atoms with van der Waals surface area (Å²) in [5.74, 6) is -0.471. The Balaban J connectivity index is 1.33. The molecule has 12 heteroatoms. The maximum Gasteiger partial charge on any atom is 0.286 e. The minimum atomic E-state index is -3.67. The molecule has 1 unspecified atom stereocenters. The second-order valence-electron chi connectivity index (χ2n) is 11.3. The van der Waals surface area contributed by atoms with Gasteiger partial charge in [-0.1, -0.05) is 37.3 Å². The van der Waals surface area contributed by atoms with Gasteiger partial charge in [0.15, 0.2) is 5.17 Å². The zero-order valence-electron chi connectivity index (χ0n) is 23.9. The van der Waals surface area contributed by atoms with E-state index in [-0.39, 0.29) is 22.6 Å². The number of piperidine rings is 2. The van der Waals surface area contributed by atoms with Crippen LogP contribution in [0.4, 0.5) is 0 Å². The number of benzene rings is 2. The van der Waals surface area contributed by atoms with Gasteiger partial charge in [-0.25, -0.2) is 13.1 Å². The number of aromatic nitrogens is 2. The van der Waals surface area contributed by atoms with Crippen LogP contribution in [0.3, 0.4) is 0 Å². The molecular formula is C31H34N6O4S2. The van der Waals surface area contributed by atoms with E-state index >= 15 is 0 Å². The third kappa shape index (κ3) is 6.17. The van der Waals surface area contributed by atoms with E-state index in [4.69, 9.17) is 10.8 Å². The monoisotopic (exact) mass is 618 g/mol. The Labute approximate surface area is 255 Å². The second-order valence-corrected chi connectivity index (χ2v) is 14.3. The minimum absolute atomic E-state index is 0.154. The molecule has 1 aromatic heterocycles. The number of carbonyl (C=O) groups is 2. The zero-order chi connectivity index (χ0) is 30.1. The van der Waals surface area contributed by atoms with Crippen LogP contribution in [0.1, 0.15) is 38.2 Å². The van der Waals surface area contributed by atoms with Crippen molar-refractivity contribution in [3.63, 3.8) is 0 Å². The van der Waals surface area contributed by atoms with Crippen molar-refractivity contribution in [3.8, 4) is 16.9 Å². The lowest BCUT2D eigenvalue weighted by Gasteiger charge is -2.31. The molecule has 3 aliphatic rings. The number of primary amides is 1. The number of thioether (sulfide) groups is 1. The van der Waals surface area contributed by atoms with Crippen molar-refractivity contribution in [3.05, 3.63) is 71.3 Å². The molecular weight excluding hydrogens is 585 g/mol. The summed E-state index contributed by atoms with van der Waals surface area (Å²) in [6, 6.07) is 16.5. The Hall–Kier alpha value is -3.74. The number of para-hydroxylation sites is 1. The summed E-state index contributed by atoms with van der Waals surface area (Å²) in [5, 5.41) is 5.46. The highest BCUT2D eigenvalue weighted by molar-refractivity contribution is 8.18. The minimum Gasteiger partial charge on any atom is -0.369 e. The second kappa shape index (κ2) is 12.1. The van der Waals surface area contributed by atoms with Crippen molar-refractivity contribution in [1.82, 2.24) is 19.0 Å². The maximum absolute atomic E-state index is 13.6. The van der Waals surface area contributed by atoms with Gasteiger partial charge in [0.2, 0.25) is 15.9 Å². The molecule has 2 aromatic carbocycles. The van der Waals surface area contributed by atoms with Gasteiger partial charge in [0, 0.05) is 49.4 Å². The lowest BCUT2D eigenvalue weighted by molar-refractivity contribution is -0.123. The van der Waals surface area contributed by atoms with E-state index in [9.17, 15) is 18.0 Å². The smallest absolute Gasteiger partial charge is 0.286 e. The Bertz CT molecular complexity index is 1710. The number of sulfonamides is 1. The van der Waals surface area contributed by atoms with Crippen LogP contribution in [0.25, 0.3) is 23.0 Å². The van der Waals surface area contributed by atoms with Crippen LogP contribution in [0.5, 0.6) is 0 Å². The topological polar surface area (TPSA) is 131 Å². The molecule has 3 aliphatic heterocycles. The molecule has 2 saturated heterocycles. The highest BCUT2D eigenvalue weighted by atomic mass is 32.2. The summed E-state index contributed by atoms with van der Waals surface area (Å²) in [7, 11) is -3.67. The number of nitrogens with two attached hydrogens (primary N) is 1. The molecule has 4 heterocycles. The largest absolute Gasteiger partial charge is 0.369 e. The average Bonchev–Trinajstić information content (AvgIpc) is 3.61. The molecule has 2 amide bonds. The van der Waals surface area contributed by atoms with Crippen LogP contribution in [-0.2, 0) is 19.6 Å². The molecule has 2 N–H and O–H groups in total. The predicted octanol–water partition coefficient (Wildman–Crippen LogP) is 4.13. The first kappa shape index (κ1) is 29.3. The van der Waals surface area contributed by atoms with E-state index in [2.05, 4.69) is 11.9 Å². The fourth-order valence-electron chi connectivity index (χ4n) is 5.78. The van der Waals surface area contributed by atoms with Gasteiger partial charge >= 0.3 is 0 Å². The number of amides is 2. The maximum atomic E-state index is 13.6. The van der Waals surface area contributed by atoms with Crippen molar-refractivity contribution in [2.24, 2.45) is 22.6 Å². The summed E-state index contributed by atoms with van der Waals surface area (Å²) < 4.78 is 30.5. The number of hydrogen-bond donors (Lipinski definition) is 1. The number of hydrogen-bond acceptors (Lipinski definition) is 7. The highest BCUT2D eigenvalue weighted by Crippen LogP contribution is 2.35. The van der Waals surface area contributed by atoms with Crippen molar-refractivity contribution in [2.45, 2.75) is 37.5 Å². The standard InChI is InChI=1S/C31H34N6O4S2/c1-21-7-6-14-36(19-21)43(40,41)26-11-5-8-23(17-26)28-24(20-37(34-28)25-9-3-2-4-10-25)18-27-30(39)33-31(42-27)35-15-12-22(13-16-35)29(32)38/h2-5,8-11,17-18,20-22H,6-7,12-16,19H2,1H3,(H2,32,38). The predicted molar refractivity (Wildman–Crippen MR) is 168 cm³/mol. The van der Waals surface area contributed by atoms with Gasteiger partial charge in [0.25, 0.3) is 5.91 Å². The fraction of sp³-hybridized carbons (Fsp3) is 0.355. The van der Waals surface area contributed by atoms with E-state index in [0.717, 1.165) is 18.5 Å². The van der Waals surface area contributed by atoms with Gasteiger partial charge in [0.05, 0.1) is 15.5 Å². The SMILES string of the molecule is CC1CCCN(S(=O)(=O)c2cccc(-c3nn(-c4ccccc4)cc3C=C3SC(N4CCC(C(N)=O)CC4)=NC3=O)c2)C1. The van der Waals surface area contributed by atoms with Gasteiger partial charge in [-0.05, 0) is 73.7 Å². The van der Waals surface area contributed by atoms with Crippen molar-refractivity contribution < 1.29 is 18.0 Å². The van der Waals surface area contributed by atoms with Crippen LogP contribution in [-0.4, -0.2) is 70.6 Å². The molecule has 10 nitrogen and oxygen atoms in total. The summed E-state index contributed by atoms with van der Waals surface area (Å²) in [6.45, 7) is 4.31. The van der Waals surface area contributed by atoms with E-state index in [0.29, 0.717) is 71.8 Å². The highest BCUT2D eigenvalue weighted by Gasteiger charge is 2.32. The molecule has 0 aliphatic carbocycles. The molecule has 224 valence electrons. The van der Waals surface area contributed by atoms with Crippen LogP contribution < -0.4 is 5.73 Å². The number of nitrogens with zero attached hydrogens (tertiary/aromatic N) is 5. The number of amidine groups is 1. The van der Waals surface area contributed by atoms with Crippen LogP contribution in [0.15, 0.2) is 75.6 Å². The van der Waals surface area contributed by atoms with E-state index in [1.54, 1.807) is 33.3 Å². The summed E-state index contributed by atoms with van der Waals surface area (Å²) in [6.07, 6.45) is 6.74. The third-order valence-electron chi connectivity index (χ3n) is 8.19. The molecule has 43 heavy (non-hydrogen) atoms. The van der Waals surface area contributed by atoms with Crippen LogP contribution in [0.2, 0.25) is 0 Å². The number of likely N-dealkylation sites (tertiary alicyclic amines) is 1. The van der Waals surface area contributed by atoms with E-state index in [1.807, 2.05) is 47.5 Å². The lowest BCUT2D eigenvalue weighted by Crippen LogP contribution is -2.40. The van der Waals surface area contributed by atoms with Crippen molar-refractivity contribution in [1.29, 1.82) is 0 Å². The first-order chi connectivity index (χ1) is 20.7. The molecule has 3 aromatic rings. The Morgan fingerprint density at radius 2 is 1.81 bits per heavy atom. The Morgan fingerprint density at radius 1 is 1.05 bits per heavy atom. The van der Waals surface area contributed by atoms with E-state index in [1.165, 1.54) is 11.8 Å². The number of aliphatic imine (C=N–C) groups is 1. The molecule has 2 fully saturated rings. The first-order valence-corrected chi connectivity index (χ1v) is 16.8. The van der Waals surface area contributed by atoms with Crippen LogP contribution >= 0.6 is 11.8 Å². The third-order valence-corrected chi connectivity index (χ3v) is 11.1. The molecule has 0 bridgehead atoms. The number of carbonyl (C=O) groups excluding carboxylic acids is 2. The average molecular weight is 619 g/mol. The zero-order valence-corrected chi connectivity index (χ0v) is 25.6. The number of rotatable bonds is 6. The Morgan fingerprint density at radius 3 is 2.53 bits per heavy atom. The van der Waals surface area contributed by atoms with Gasteiger partial charge in [-0.2, -0.15) is 14.4 Å². The molecule has 0 radical (unpaired) electrons. The normalized spacial score (nSPS) is 21.4. The van der Waals surface area contributed by atoms with Crippen molar-refractivity contribution in [2.75, 3.05) is 26.2 Å². The lowest BCUT2D eigenvalue weighted by atomic mass is 9.97. The van der Waals surface area contributed by atoms with E-state index < -0.39 is 10.0 Å². The van der Waals surface area contributed by atoms with Crippen molar-refractivity contribution >= 4 is 44.8 Å². The van der Waals surface area contributed by atoms with Gasteiger partial charge in [-0.15, -0.1) is 0 Å². The molecule has 0 saturated carbocycles. The molecule has 1 atom stereocenters. The quantitative estimate of drug-likeness (QED) is 0.411. The summed E-state index contributed by atoms with van der Waals surface area (Å²) in [4.78, 5) is 31.6. The first-order valence-electron chi connectivity index (χ1n) is 14.5.